The molecule has 1 aliphatic carbocycles. The van der Waals surface area contributed by atoms with Crippen LogP contribution in [0.1, 0.15) is 92.2 Å². The van der Waals surface area contributed by atoms with Crippen molar-refractivity contribution in [3.63, 3.8) is 0 Å². The lowest BCUT2D eigenvalue weighted by atomic mass is 9.65. The summed E-state index contributed by atoms with van der Waals surface area (Å²) in [5.41, 5.74) is 1.36. The second-order valence-corrected chi connectivity index (χ2v) is 12.9. The van der Waals surface area contributed by atoms with Crippen molar-refractivity contribution < 1.29 is 28.5 Å². The maximum absolute atomic E-state index is 12.0. The molecular weight excluding hydrogens is 480 g/mol. The molecule has 1 fully saturated rings. The van der Waals surface area contributed by atoms with Gasteiger partial charge in [-0.1, -0.05) is 38.1 Å². The molecule has 0 spiro atoms. The Balaban J connectivity index is 1.49. The Hall–Kier alpha value is -3.02. The first kappa shape index (κ1) is 29.5. The quantitative estimate of drug-likeness (QED) is 0.278. The fraction of sp³-hybridized carbons (Fsp3) is 0.562. The van der Waals surface area contributed by atoms with E-state index in [2.05, 4.69) is 26.0 Å². The third-order valence-electron chi connectivity index (χ3n) is 7.09. The smallest absolute Gasteiger partial charge is 0.428 e. The minimum Gasteiger partial charge on any atom is -0.428 e. The summed E-state index contributed by atoms with van der Waals surface area (Å²) in [4.78, 5) is 23.8. The van der Waals surface area contributed by atoms with Crippen molar-refractivity contribution in [3.8, 4) is 11.5 Å². The van der Waals surface area contributed by atoms with E-state index in [9.17, 15) is 9.59 Å². The highest BCUT2D eigenvalue weighted by Gasteiger charge is 2.34. The van der Waals surface area contributed by atoms with Gasteiger partial charge in [-0.2, -0.15) is 0 Å². The van der Waals surface area contributed by atoms with Gasteiger partial charge in [0, 0.05) is 0 Å². The number of benzene rings is 2. The van der Waals surface area contributed by atoms with Crippen molar-refractivity contribution in [1.82, 2.24) is 0 Å². The van der Waals surface area contributed by atoms with Crippen LogP contribution in [0.2, 0.25) is 0 Å². The number of ether oxygens (including phenoxy) is 4. The molecule has 3 rings (SSSR count). The molecule has 0 bridgehead atoms. The van der Waals surface area contributed by atoms with Crippen molar-refractivity contribution in [1.29, 1.82) is 0 Å². The summed E-state index contributed by atoms with van der Waals surface area (Å²) in [5.74, 6) is 2.21. The summed E-state index contributed by atoms with van der Waals surface area (Å²) in [5, 5.41) is 0. The van der Waals surface area contributed by atoms with Crippen molar-refractivity contribution in [3.05, 3.63) is 59.7 Å². The van der Waals surface area contributed by atoms with Crippen LogP contribution in [-0.4, -0.2) is 23.5 Å². The van der Waals surface area contributed by atoms with E-state index in [1.54, 1.807) is 0 Å². The molecule has 0 unspecified atom stereocenters. The molecule has 2 aromatic carbocycles. The van der Waals surface area contributed by atoms with E-state index in [4.69, 9.17) is 18.9 Å². The number of hydrogen-bond donors (Lipinski definition) is 0. The van der Waals surface area contributed by atoms with Crippen LogP contribution in [0.25, 0.3) is 0 Å². The van der Waals surface area contributed by atoms with Gasteiger partial charge in [-0.05, 0) is 126 Å². The molecule has 1 aliphatic rings. The summed E-state index contributed by atoms with van der Waals surface area (Å²) < 4.78 is 21.1. The zero-order valence-corrected chi connectivity index (χ0v) is 24.3. The van der Waals surface area contributed by atoms with E-state index in [0.717, 1.165) is 6.42 Å². The molecule has 1 saturated carbocycles. The number of carbonyl (C=O) groups excluding carboxylic acids is 2. The van der Waals surface area contributed by atoms with Crippen molar-refractivity contribution in [2.24, 2.45) is 11.8 Å². The highest BCUT2D eigenvalue weighted by atomic mass is 16.7. The Morgan fingerprint density at radius 3 is 1.50 bits per heavy atom. The molecule has 0 atom stereocenters. The Kier molecular flexibility index (Phi) is 9.17. The van der Waals surface area contributed by atoms with Gasteiger partial charge in [0.05, 0.1) is 0 Å². The van der Waals surface area contributed by atoms with Crippen LogP contribution in [0.15, 0.2) is 48.5 Å². The topological polar surface area (TPSA) is 71.1 Å². The minimum absolute atomic E-state index is 0.0239. The van der Waals surface area contributed by atoms with Gasteiger partial charge in [0.1, 0.15) is 22.7 Å². The van der Waals surface area contributed by atoms with E-state index in [-0.39, 0.29) is 5.41 Å². The first-order valence-corrected chi connectivity index (χ1v) is 13.6. The maximum atomic E-state index is 12.0. The molecular formula is C32H44O6. The molecule has 6 nitrogen and oxygen atoms in total. The molecule has 0 aliphatic heterocycles. The van der Waals surface area contributed by atoms with Gasteiger partial charge in [-0.15, -0.1) is 0 Å². The number of hydrogen-bond acceptors (Lipinski definition) is 6. The van der Waals surface area contributed by atoms with Crippen LogP contribution >= 0.6 is 0 Å². The molecule has 0 radical (unpaired) electrons. The van der Waals surface area contributed by atoms with E-state index in [1.807, 2.05) is 77.9 Å². The van der Waals surface area contributed by atoms with E-state index < -0.39 is 23.5 Å². The monoisotopic (exact) mass is 524 g/mol. The van der Waals surface area contributed by atoms with E-state index >= 15 is 0 Å². The van der Waals surface area contributed by atoms with Crippen LogP contribution in [0, 0.1) is 11.8 Å². The van der Waals surface area contributed by atoms with Crippen molar-refractivity contribution in [2.75, 3.05) is 0 Å². The Morgan fingerprint density at radius 2 is 1.08 bits per heavy atom. The van der Waals surface area contributed by atoms with Crippen molar-refractivity contribution in [2.45, 2.75) is 104 Å². The van der Waals surface area contributed by atoms with Gasteiger partial charge in [-0.3, -0.25) is 0 Å². The summed E-state index contributed by atoms with van der Waals surface area (Å²) in [6, 6.07) is 15.6. The van der Waals surface area contributed by atoms with Crippen molar-refractivity contribution >= 4 is 12.3 Å². The van der Waals surface area contributed by atoms with E-state index in [0.29, 0.717) is 23.3 Å². The normalized spacial score (nSPS) is 18.4. The molecule has 208 valence electrons. The second-order valence-electron chi connectivity index (χ2n) is 12.9. The molecule has 0 amide bonds. The fourth-order valence-electron chi connectivity index (χ4n) is 5.04. The zero-order chi connectivity index (χ0) is 28.1. The predicted octanol–water partition coefficient (Wildman–Crippen LogP) is 8.64. The molecule has 0 N–H and O–H groups in total. The SMILES string of the molecule is CC(C)(C)OC(=O)Oc1ccc(CC2CCC(C(C)(C)c3ccc(OC(=O)OC(C)(C)C)cc3)CC2)cc1. The third-order valence-corrected chi connectivity index (χ3v) is 7.09. The lowest BCUT2D eigenvalue weighted by Crippen LogP contribution is -2.32. The highest BCUT2D eigenvalue weighted by molar-refractivity contribution is 5.64. The largest absolute Gasteiger partial charge is 0.514 e. The minimum atomic E-state index is -0.687. The van der Waals surface area contributed by atoms with Crippen LogP contribution in [0.3, 0.4) is 0 Å². The molecule has 2 aromatic rings. The lowest BCUT2D eigenvalue weighted by molar-refractivity contribution is 0.0193. The fourth-order valence-corrected chi connectivity index (χ4v) is 5.04. The number of rotatable bonds is 6. The summed E-state index contributed by atoms with van der Waals surface area (Å²) >= 11 is 0. The Labute approximate surface area is 228 Å². The van der Waals surface area contributed by atoms with Gasteiger partial charge in [0.2, 0.25) is 0 Å². The van der Waals surface area contributed by atoms with Gasteiger partial charge in [0.25, 0.3) is 0 Å². The first-order valence-electron chi connectivity index (χ1n) is 13.6. The molecule has 38 heavy (non-hydrogen) atoms. The molecule has 6 heteroatoms. The second kappa shape index (κ2) is 11.8. The van der Waals surface area contributed by atoms with Crippen LogP contribution in [0.4, 0.5) is 9.59 Å². The Bertz CT molecular complexity index is 1060. The van der Waals surface area contributed by atoms with Crippen LogP contribution < -0.4 is 9.47 Å². The molecule has 0 saturated heterocycles. The van der Waals surface area contributed by atoms with Gasteiger partial charge in [0.15, 0.2) is 0 Å². The van der Waals surface area contributed by atoms with E-state index in [1.165, 1.54) is 36.8 Å². The summed E-state index contributed by atoms with van der Waals surface area (Å²) in [6.45, 7) is 15.5. The maximum Gasteiger partial charge on any atom is 0.514 e. The van der Waals surface area contributed by atoms with Crippen LogP contribution in [0.5, 0.6) is 11.5 Å². The van der Waals surface area contributed by atoms with Gasteiger partial charge < -0.3 is 18.9 Å². The summed E-state index contributed by atoms with van der Waals surface area (Å²) in [6.07, 6.45) is 4.37. The average molecular weight is 525 g/mol. The standard InChI is InChI=1S/C32H44O6/c1-30(2,3)37-28(33)35-26-17-11-23(12-18-26)21-22-9-13-24(14-10-22)32(7,8)25-15-19-27(20-16-25)36-29(34)38-31(4,5)6/h11-12,15-20,22,24H,9-10,13-14,21H2,1-8H3. The lowest BCUT2D eigenvalue weighted by Gasteiger charge is -2.40. The average Bonchev–Trinajstić information content (AvgIpc) is 2.78. The van der Waals surface area contributed by atoms with Crippen LogP contribution in [-0.2, 0) is 21.3 Å². The first-order chi connectivity index (χ1) is 17.6. The Morgan fingerprint density at radius 1 is 0.658 bits per heavy atom. The van der Waals surface area contributed by atoms with Gasteiger partial charge in [-0.25, -0.2) is 9.59 Å². The summed E-state index contributed by atoms with van der Waals surface area (Å²) in [7, 11) is 0. The predicted molar refractivity (Wildman–Crippen MR) is 149 cm³/mol. The number of carbonyl (C=O) groups is 2. The van der Waals surface area contributed by atoms with Gasteiger partial charge >= 0.3 is 12.3 Å². The molecule has 0 heterocycles. The molecule has 0 aromatic heterocycles. The highest BCUT2D eigenvalue weighted by Crippen LogP contribution is 2.43. The zero-order valence-electron chi connectivity index (χ0n) is 24.3. The third kappa shape index (κ3) is 9.07.